The minimum Gasteiger partial charge on any atom is -0.321 e. The molecule has 0 spiro atoms. The van der Waals surface area contributed by atoms with Gasteiger partial charge in [-0.1, -0.05) is 24.3 Å². The van der Waals surface area contributed by atoms with Gasteiger partial charge in [-0.3, -0.25) is 4.90 Å². The van der Waals surface area contributed by atoms with E-state index in [2.05, 4.69) is 0 Å². The maximum absolute atomic E-state index is 14.7. The van der Waals surface area contributed by atoms with Crippen LogP contribution in [0, 0.1) is 11.6 Å². The predicted octanol–water partition coefficient (Wildman–Crippen LogP) is 4.97. The molecule has 1 aliphatic heterocycles. The number of benzene rings is 2. The molecule has 1 saturated heterocycles. The molecule has 0 bridgehead atoms. The number of hydrogen-bond donors (Lipinski definition) is 0. The Bertz CT molecular complexity index is 935. The summed E-state index contributed by atoms with van der Waals surface area (Å²) in [5.74, 6) is -1.13. The number of urea groups is 1. The first kappa shape index (κ1) is 22.9. The van der Waals surface area contributed by atoms with Gasteiger partial charge in [-0.25, -0.2) is 18.0 Å². The molecular weight excluding hydrogens is 403 g/mol. The summed E-state index contributed by atoms with van der Waals surface area (Å²) in [6, 6.07) is 11.3. The third kappa shape index (κ3) is 5.28. The van der Waals surface area contributed by atoms with E-state index in [1.54, 1.807) is 44.3 Å². The van der Waals surface area contributed by atoms with Gasteiger partial charge in [-0.05, 0) is 56.3 Å². The van der Waals surface area contributed by atoms with Crippen molar-refractivity contribution in [2.75, 3.05) is 38.6 Å². The van der Waals surface area contributed by atoms with Crippen LogP contribution in [-0.4, -0.2) is 61.8 Å². The number of allylic oxidation sites excluding steroid dienone is 1. The van der Waals surface area contributed by atoms with E-state index in [-0.39, 0.29) is 24.7 Å². The van der Waals surface area contributed by atoms with Gasteiger partial charge in [-0.2, -0.15) is 0 Å². The highest BCUT2D eigenvalue weighted by Crippen LogP contribution is 2.26. The van der Waals surface area contributed by atoms with Gasteiger partial charge in [0.25, 0.3) is 0 Å². The third-order valence-electron chi connectivity index (χ3n) is 5.76. The Morgan fingerprint density at radius 1 is 1.19 bits per heavy atom. The Balaban J connectivity index is 1.91. The first-order valence-corrected chi connectivity index (χ1v) is 10.3. The van der Waals surface area contributed by atoms with E-state index in [0.29, 0.717) is 24.2 Å². The maximum Gasteiger partial charge on any atom is 0.324 e. The predicted molar refractivity (Wildman–Crippen MR) is 118 cm³/mol. The minimum atomic E-state index is -1.16. The van der Waals surface area contributed by atoms with Gasteiger partial charge in [0, 0.05) is 31.4 Å². The fourth-order valence-corrected chi connectivity index (χ4v) is 3.94. The number of rotatable bonds is 5. The molecule has 1 heterocycles. The van der Waals surface area contributed by atoms with Gasteiger partial charge in [0.15, 0.2) is 0 Å². The smallest absolute Gasteiger partial charge is 0.321 e. The average Bonchev–Trinajstić information content (AvgIpc) is 2.76. The Labute approximate surface area is 181 Å². The normalized spacial score (nSPS) is 19.9. The number of halogens is 3. The van der Waals surface area contributed by atoms with Crippen LogP contribution in [0.4, 0.5) is 23.7 Å². The summed E-state index contributed by atoms with van der Waals surface area (Å²) < 4.78 is 42.9. The molecule has 2 unspecified atom stereocenters. The van der Waals surface area contributed by atoms with Gasteiger partial charge in [-0.15, -0.1) is 0 Å². The highest BCUT2D eigenvalue weighted by Gasteiger charge is 2.35. The van der Waals surface area contributed by atoms with Crippen molar-refractivity contribution in [2.45, 2.75) is 25.6 Å². The number of anilines is 1. The second-order valence-electron chi connectivity index (χ2n) is 7.89. The fourth-order valence-electron chi connectivity index (χ4n) is 3.94. The molecule has 4 nitrogen and oxygen atoms in total. The number of hydrogen-bond acceptors (Lipinski definition) is 2. The molecule has 2 amide bonds. The molecular formula is C24H28F3N3O. The van der Waals surface area contributed by atoms with E-state index in [0.717, 1.165) is 18.2 Å². The largest absolute Gasteiger partial charge is 0.324 e. The van der Waals surface area contributed by atoms with Crippen molar-refractivity contribution >= 4 is 17.3 Å². The number of para-hydroxylation sites is 1. The number of nitrogens with zero attached hydrogens (tertiary/aromatic N) is 3. The van der Waals surface area contributed by atoms with E-state index in [4.69, 9.17) is 0 Å². The molecule has 0 aromatic heterocycles. The van der Waals surface area contributed by atoms with Crippen molar-refractivity contribution in [1.82, 2.24) is 9.80 Å². The zero-order valence-electron chi connectivity index (χ0n) is 18.1. The Hall–Kier alpha value is -2.80. The Morgan fingerprint density at radius 3 is 2.55 bits per heavy atom. The van der Waals surface area contributed by atoms with Crippen LogP contribution in [0.2, 0.25) is 0 Å². The van der Waals surface area contributed by atoms with Crippen LogP contribution in [0.1, 0.15) is 18.9 Å². The van der Waals surface area contributed by atoms with E-state index < -0.39 is 23.8 Å². The molecule has 3 rings (SSSR count). The number of piperidine rings is 1. The number of carbonyl (C=O) groups excluding carboxylic acids is 1. The second kappa shape index (κ2) is 10.0. The van der Waals surface area contributed by atoms with E-state index in [1.165, 1.54) is 9.80 Å². The lowest BCUT2D eigenvalue weighted by Gasteiger charge is -2.39. The van der Waals surface area contributed by atoms with Crippen LogP contribution in [0.25, 0.3) is 5.57 Å². The number of alkyl halides is 1. The summed E-state index contributed by atoms with van der Waals surface area (Å²) in [5.41, 5.74) is 1.16. The van der Waals surface area contributed by atoms with Crippen molar-refractivity contribution < 1.29 is 18.0 Å². The highest BCUT2D eigenvalue weighted by atomic mass is 19.1. The molecule has 0 N–H and O–H groups in total. The number of likely N-dealkylation sites (tertiary alicyclic amines) is 1. The molecule has 166 valence electrons. The van der Waals surface area contributed by atoms with Crippen LogP contribution < -0.4 is 4.90 Å². The quantitative estimate of drug-likeness (QED) is 0.669. The van der Waals surface area contributed by atoms with Crippen molar-refractivity contribution in [3.63, 3.8) is 0 Å². The molecule has 0 radical (unpaired) electrons. The first-order chi connectivity index (χ1) is 14.8. The number of amides is 2. The lowest BCUT2D eigenvalue weighted by molar-refractivity contribution is 0.0740. The lowest BCUT2D eigenvalue weighted by atomic mass is 10.0. The zero-order chi connectivity index (χ0) is 22.5. The third-order valence-corrected chi connectivity index (χ3v) is 5.76. The fraction of sp³-hybridized carbons (Fsp3) is 0.375. The van der Waals surface area contributed by atoms with Crippen molar-refractivity contribution in [3.8, 4) is 0 Å². The molecule has 1 fully saturated rings. The molecule has 1 aliphatic rings. The van der Waals surface area contributed by atoms with Gasteiger partial charge in [0.2, 0.25) is 0 Å². The average molecular weight is 432 g/mol. The van der Waals surface area contributed by atoms with Gasteiger partial charge >= 0.3 is 6.03 Å². The van der Waals surface area contributed by atoms with Crippen LogP contribution in [0.5, 0.6) is 0 Å². The molecule has 0 aliphatic carbocycles. The van der Waals surface area contributed by atoms with E-state index in [1.807, 2.05) is 18.0 Å². The minimum absolute atomic E-state index is 0.0215. The van der Waals surface area contributed by atoms with Gasteiger partial charge in [0.05, 0.1) is 12.6 Å². The van der Waals surface area contributed by atoms with Crippen LogP contribution in [0.15, 0.2) is 54.6 Å². The van der Waals surface area contributed by atoms with Gasteiger partial charge < -0.3 is 9.80 Å². The van der Waals surface area contributed by atoms with Crippen molar-refractivity contribution in [1.29, 1.82) is 0 Å². The molecule has 2 atom stereocenters. The Kier molecular flexibility index (Phi) is 7.38. The van der Waals surface area contributed by atoms with Crippen molar-refractivity contribution in [3.05, 3.63) is 71.8 Å². The van der Waals surface area contributed by atoms with Crippen LogP contribution >= 0.6 is 0 Å². The van der Waals surface area contributed by atoms with Crippen LogP contribution in [-0.2, 0) is 0 Å². The summed E-state index contributed by atoms with van der Waals surface area (Å²) in [4.78, 5) is 18.3. The van der Waals surface area contributed by atoms with Gasteiger partial charge in [0.1, 0.15) is 17.8 Å². The first-order valence-electron chi connectivity index (χ1n) is 10.3. The van der Waals surface area contributed by atoms with Crippen molar-refractivity contribution in [2.24, 2.45) is 0 Å². The zero-order valence-corrected chi connectivity index (χ0v) is 18.1. The summed E-state index contributed by atoms with van der Waals surface area (Å²) in [5, 5.41) is 0. The standard InChI is InChI=1S/C24H28F3N3O/c1-4-17(20-14-18(25)10-11-21(20)26)15-30(19-8-6-5-7-9-19)24(31)29(3)23-12-13-28(2)16-22(23)27/h4-11,14,22-23H,12-13,15-16H2,1-3H3/b17-4+. The second-order valence-corrected chi connectivity index (χ2v) is 7.89. The molecule has 0 saturated carbocycles. The summed E-state index contributed by atoms with van der Waals surface area (Å²) in [6.45, 7) is 2.70. The van der Waals surface area contributed by atoms with E-state index in [9.17, 15) is 18.0 Å². The lowest BCUT2D eigenvalue weighted by Crippen LogP contribution is -2.55. The highest BCUT2D eigenvalue weighted by molar-refractivity contribution is 5.94. The maximum atomic E-state index is 14.7. The molecule has 31 heavy (non-hydrogen) atoms. The monoisotopic (exact) mass is 431 g/mol. The SMILES string of the molecule is C/C=C(\CN(C(=O)N(C)C1CCN(C)CC1F)c1ccccc1)c1cc(F)ccc1F. The van der Waals surface area contributed by atoms with Crippen LogP contribution in [0.3, 0.4) is 0 Å². The Morgan fingerprint density at radius 2 is 1.90 bits per heavy atom. The van der Waals surface area contributed by atoms with E-state index >= 15 is 0 Å². The summed E-state index contributed by atoms with van der Waals surface area (Å²) in [6.07, 6.45) is 1.03. The molecule has 2 aromatic carbocycles. The summed E-state index contributed by atoms with van der Waals surface area (Å²) in [7, 11) is 3.45. The summed E-state index contributed by atoms with van der Waals surface area (Å²) >= 11 is 0. The topological polar surface area (TPSA) is 26.8 Å². The number of carbonyl (C=O) groups is 1. The molecule has 7 heteroatoms. The molecule has 2 aromatic rings.